The van der Waals surface area contributed by atoms with E-state index >= 15 is 0 Å². The molecule has 0 radical (unpaired) electrons. The maximum Gasteiger partial charge on any atom is 0.338 e. The first kappa shape index (κ1) is 15.4. The molecule has 6 heteroatoms. The average Bonchev–Trinajstić information content (AvgIpc) is 3.02. The number of ether oxygens (including phenoxy) is 3. The molecule has 0 amide bonds. The lowest BCUT2D eigenvalue weighted by molar-refractivity contribution is 0.0318. The fourth-order valence-corrected chi connectivity index (χ4v) is 2.28. The Morgan fingerprint density at radius 2 is 1.70 bits per heavy atom. The number of benzene rings is 2. The summed E-state index contributed by atoms with van der Waals surface area (Å²) in [6, 6.07) is 11.1. The Morgan fingerprint density at radius 1 is 1.04 bits per heavy atom. The first-order valence-electron chi connectivity index (χ1n) is 6.95. The fraction of sp³-hybridized carbons (Fsp3) is 0.176. The van der Waals surface area contributed by atoms with Crippen molar-refractivity contribution >= 4 is 23.4 Å². The predicted octanol–water partition coefficient (Wildman–Crippen LogP) is 3.50. The van der Waals surface area contributed by atoms with Gasteiger partial charge < -0.3 is 14.2 Å². The van der Waals surface area contributed by atoms with Crippen LogP contribution in [0.3, 0.4) is 0 Å². The molecular formula is C17H13ClO5. The topological polar surface area (TPSA) is 61.8 Å². The van der Waals surface area contributed by atoms with Gasteiger partial charge in [0.05, 0.1) is 5.56 Å². The lowest BCUT2D eigenvalue weighted by Gasteiger charge is -2.12. The average molecular weight is 333 g/mol. The van der Waals surface area contributed by atoms with Crippen LogP contribution < -0.4 is 9.47 Å². The molecule has 0 saturated carbocycles. The van der Waals surface area contributed by atoms with Gasteiger partial charge in [0.1, 0.15) is 0 Å². The Labute approximate surface area is 137 Å². The van der Waals surface area contributed by atoms with Gasteiger partial charge in [-0.15, -0.1) is 0 Å². The van der Waals surface area contributed by atoms with Gasteiger partial charge in [0.25, 0.3) is 0 Å². The van der Waals surface area contributed by atoms with Crippen molar-refractivity contribution in [2.75, 3.05) is 6.79 Å². The largest absolute Gasteiger partial charge is 0.454 e. The molecule has 1 aliphatic heterocycles. The van der Waals surface area contributed by atoms with E-state index in [0.29, 0.717) is 27.6 Å². The van der Waals surface area contributed by atoms with Crippen LogP contribution >= 0.6 is 11.6 Å². The van der Waals surface area contributed by atoms with Crippen molar-refractivity contribution in [1.82, 2.24) is 0 Å². The third-order valence-electron chi connectivity index (χ3n) is 3.39. The maximum absolute atomic E-state index is 12.2. The number of esters is 1. The van der Waals surface area contributed by atoms with Crippen molar-refractivity contribution in [3.8, 4) is 11.5 Å². The summed E-state index contributed by atoms with van der Waals surface area (Å²) in [7, 11) is 0. The van der Waals surface area contributed by atoms with E-state index in [-0.39, 0.29) is 12.6 Å². The van der Waals surface area contributed by atoms with E-state index in [0.717, 1.165) is 0 Å². The third kappa shape index (κ3) is 3.29. The number of hydrogen-bond acceptors (Lipinski definition) is 5. The Hall–Kier alpha value is -2.53. The molecule has 0 spiro atoms. The van der Waals surface area contributed by atoms with Crippen LogP contribution in [0.1, 0.15) is 27.6 Å². The number of fused-ring (bicyclic) bond motifs is 1. The minimum absolute atomic E-state index is 0.124. The molecule has 1 aliphatic rings. The molecule has 23 heavy (non-hydrogen) atoms. The highest BCUT2D eigenvalue weighted by Gasteiger charge is 2.22. The predicted molar refractivity (Wildman–Crippen MR) is 83.2 cm³/mol. The van der Waals surface area contributed by atoms with Crippen LogP contribution in [0.5, 0.6) is 11.5 Å². The van der Waals surface area contributed by atoms with Gasteiger partial charge in [0.15, 0.2) is 17.6 Å². The van der Waals surface area contributed by atoms with Gasteiger partial charge >= 0.3 is 5.97 Å². The zero-order valence-electron chi connectivity index (χ0n) is 12.2. The highest BCUT2D eigenvalue weighted by Crippen LogP contribution is 2.32. The summed E-state index contributed by atoms with van der Waals surface area (Å²) in [6.45, 7) is 1.65. The number of rotatable bonds is 4. The number of Topliss-reactive ketones (excluding diaryl/α,β-unsaturated/α-hetero) is 1. The van der Waals surface area contributed by atoms with E-state index in [9.17, 15) is 9.59 Å². The number of hydrogen-bond donors (Lipinski definition) is 0. The first-order chi connectivity index (χ1) is 11.0. The van der Waals surface area contributed by atoms with Gasteiger partial charge in [-0.2, -0.15) is 0 Å². The third-order valence-corrected chi connectivity index (χ3v) is 3.64. The minimum Gasteiger partial charge on any atom is -0.454 e. The molecule has 1 atom stereocenters. The molecule has 0 saturated heterocycles. The second-order valence-corrected chi connectivity index (χ2v) is 5.42. The van der Waals surface area contributed by atoms with Gasteiger partial charge in [-0.3, -0.25) is 4.79 Å². The van der Waals surface area contributed by atoms with Crippen LogP contribution in [0.25, 0.3) is 0 Å². The molecule has 3 rings (SSSR count). The van der Waals surface area contributed by atoms with Crippen molar-refractivity contribution in [3.63, 3.8) is 0 Å². The molecule has 0 aliphatic carbocycles. The van der Waals surface area contributed by atoms with Crippen molar-refractivity contribution in [1.29, 1.82) is 0 Å². The molecule has 5 nitrogen and oxygen atoms in total. The second kappa shape index (κ2) is 6.30. The molecule has 0 fully saturated rings. The van der Waals surface area contributed by atoms with Crippen molar-refractivity contribution in [2.24, 2.45) is 0 Å². The summed E-state index contributed by atoms with van der Waals surface area (Å²) in [5.41, 5.74) is 0.727. The van der Waals surface area contributed by atoms with Gasteiger partial charge in [-0.25, -0.2) is 4.79 Å². The van der Waals surface area contributed by atoms with Gasteiger partial charge in [0.2, 0.25) is 12.6 Å². The van der Waals surface area contributed by atoms with Crippen LogP contribution in [-0.2, 0) is 4.74 Å². The molecule has 0 bridgehead atoms. The van der Waals surface area contributed by atoms with E-state index in [1.54, 1.807) is 36.4 Å². The zero-order valence-corrected chi connectivity index (χ0v) is 13.0. The summed E-state index contributed by atoms with van der Waals surface area (Å²) in [5, 5.41) is 0.534. The molecule has 0 N–H and O–H groups in total. The zero-order chi connectivity index (χ0) is 16.4. The number of halogens is 1. The van der Waals surface area contributed by atoms with Crippen molar-refractivity contribution in [2.45, 2.75) is 13.0 Å². The van der Waals surface area contributed by atoms with E-state index < -0.39 is 12.1 Å². The van der Waals surface area contributed by atoms with Gasteiger partial charge in [-0.1, -0.05) is 11.6 Å². The van der Waals surface area contributed by atoms with Crippen LogP contribution in [0.4, 0.5) is 0 Å². The summed E-state index contributed by atoms with van der Waals surface area (Å²) < 4.78 is 15.6. The summed E-state index contributed by atoms with van der Waals surface area (Å²) >= 11 is 5.79. The molecule has 118 valence electrons. The number of carbonyl (C=O) groups excluding carboxylic acids is 2. The Morgan fingerprint density at radius 3 is 2.43 bits per heavy atom. The van der Waals surface area contributed by atoms with Crippen LogP contribution in [0.2, 0.25) is 5.02 Å². The highest BCUT2D eigenvalue weighted by atomic mass is 35.5. The van der Waals surface area contributed by atoms with Gasteiger partial charge in [-0.05, 0) is 49.4 Å². The van der Waals surface area contributed by atoms with Gasteiger partial charge in [0, 0.05) is 10.6 Å². The SMILES string of the molecule is C[C@@H](OC(=O)c1ccc2c(c1)OCO2)C(=O)c1ccc(Cl)cc1. The number of carbonyl (C=O) groups is 2. The molecule has 2 aromatic rings. The fourth-order valence-electron chi connectivity index (χ4n) is 2.15. The maximum atomic E-state index is 12.2. The minimum atomic E-state index is -0.908. The van der Waals surface area contributed by atoms with Crippen LogP contribution in [-0.4, -0.2) is 24.6 Å². The standard InChI is InChI=1S/C17H13ClO5/c1-10(16(19)11-2-5-13(18)6-3-11)23-17(20)12-4-7-14-15(8-12)22-9-21-14/h2-8,10H,9H2,1H3/t10-/m1/s1. The molecule has 0 aromatic heterocycles. The van der Waals surface area contributed by atoms with E-state index in [2.05, 4.69) is 0 Å². The monoisotopic (exact) mass is 332 g/mol. The summed E-state index contributed by atoms with van der Waals surface area (Å²) in [6.07, 6.45) is -0.908. The van der Waals surface area contributed by atoms with E-state index in [1.165, 1.54) is 13.0 Å². The highest BCUT2D eigenvalue weighted by molar-refractivity contribution is 6.30. The van der Waals surface area contributed by atoms with Crippen molar-refractivity contribution < 1.29 is 23.8 Å². The Kier molecular flexibility index (Phi) is 4.21. The molecule has 1 heterocycles. The lowest BCUT2D eigenvalue weighted by atomic mass is 10.1. The molecule has 0 unspecified atom stereocenters. The quantitative estimate of drug-likeness (QED) is 0.633. The van der Waals surface area contributed by atoms with E-state index in [1.807, 2.05) is 0 Å². The lowest BCUT2D eigenvalue weighted by Crippen LogP contribution is -2.24. The van der Waals surface area contributed by atoms with Crippen molar-refractivity contribution in [3.05, 3.63) is 58.6 Å². The first-order valence-corrected chi connectivity index (χ1v) is 7.33. The van der Waals surface area contributed by atoms with Crippen LogP contribution in [0, 0.1) is 0 Å². The summed E-state index contributed by atoms with van der Waals surface area (Å²) in [4.78, 5) is 24.4. The molecular weight excluding hydrogens is 320 g/mol. The number of ketones is 1. The second-order valence-electron chi connectivity index (χ2n) is 4.99. The Bertz CT molecular complexity index is 754. The Balaban J connectivity index is 1.69. The molecule has 2 aromatic carbocycles. The van der Waals surface area contributed by atoms with E-state index in [4.69, 9.17) is 25.8 Å². The smallest absolute Gasteiger partial charge is 0.338 e. The van der Waals surface area contributed by atoms with Crippen LogP contribution in [0.15, 0.2) is 42.5 Å². The normalized spacial score (nSPS) is 13.5. The summed E-state index contributed by atoms with van der Waals surface area (Å²) in [5.74, 6) is 0.164.